The molecule has 0 saturated heterocycles. The van der Waals surface area contributed by atoms with Crippen molar-refractivity contribution in [2.24, 2.45) is 5.41 Å². The summed E-state index contributed by atoms with van der Waals surface area (Å²) in [7, 11) is 1.50. The van der Waals surface area contributed by atoms with Crippen LogP contribution in [0.1, 0.15) is 26.3 Å². The van der Waals surface area contributed by atoms with E-state index in [4.69, 9.17) is 16.3 Å². The van der Waals surface area contributed by atoms with E-state index in [2.05, 4.69) is 0 Å². The summed E-state index contributed by atoms with van der Waals surface area (Å²) in [5.74, 6) is -0.496. The summed E-state index contributed by atoms with van der Waals surface area (Å²) in [5.41, 5.74) is 0.194. The third kappa shape index (κ3) is 3.79. The first-order valence-electron chi connectivity index (χ1n) is 5.75. The highest BCUT2D eigenvalue weighted by Crippen LogP contribution is 2.25. The Hall–Kier alpha value is -0.930. The number of hydrogen-bond donors (Lipinski definition) is 0. The molecule has 0 saturated carbocycles. The highest BCUT2D eigenvalue weighted by Gasteiger charge is 2.31. The Kier molecular flexibility index (Phi) is 4.88. The van der Waals surface area contributed by atoms with Gasteiger partial charge in [0, 0.05) is 18.6 Å². The average Bonchev–Trinajstić information content (AvgIpc) is 2.22. The van der Waals surface area contributed by atoms with Gasteiger partial charge in [-0.2, -0.15) is 0 Å². The zero-order chi connectivity index (χ0) is 13.9. The third-order valence-corrected chi connectivity index (χ3v) is 3.06. The molecule has 1 unspecified atom stereocenters. The van der Waals surface area contributed by atoms with E-state index < -0.39 is 11.9 Å². The van der Waals surface area contributed by atoms with Crippen LogP contribution in [0, 0.1) is 11.2 Å². The molecule has 0 spiro atoms. The fraction of sp³-hybridized carbons (Fsp3) is 0.500. The van der Waals surface area contributed by atoms with Crippen LogP contribution in [0.2, 0.25) is 5.02 Å². The fourth-order valence-corrected chi connectivity index (χ4v) is 2.11. The van der Waals surface area contributed by atoms with E-state index in [9.17, 15) is 9.18 Å². The van der Waals surface area contributed by atoms with Gasteiger partial charge in [-0.1, -0.05) is 32.4 Å². The Balaban J connectivity index is 2.90. The van der Waals surface area contributed by atoms with Crippen LogP contribution in [-0.2, 0) is 16.0 Å². The van der Waals surface area contributed by atoms with Crippen molar-refractivity contribution in [1.82, 2.24) is 0 Å². The maximum atomic E-state index is 13.1. The van der Waals surface area contributed by atoms with Gasteiger partial charge in [0.1, 0.15) is 11.9 Å². The maximum absolute atomic E-state index is 13.1. The predicted octanol–water partition coefficient (Wildman–Crippen LogP) is 3.65. The van der Waals surface area contributed by atoms with E-state index in [1.807, 2.05) is 20.8 Å². The fourth-order valence-electron chi connectivity index (χ4n) is 1.93. The zero-order valence-corrected chi connectivity index (χ0v) is 11.8. The van der Waals surface area contributed by atoms with Gasteiger partial charge >= 0.3 is 0 Å². The van der Waals surface area contributed by atoms with E-state index in [-0.39, 0.29) is 17.6 Å². The van der Waals surface area contributed by atoms with Crippen molar-refractivity contribution < 1.29 is 13.9 Å². The van der Waals surface area contributed by atoms with Crippen LogP contribution < -0.4 is 0 Å². The Bertz CT molecular complexity index is 438. The molecular formula is C14H18ClFO2. The molecule has 0 radical (unpaired) electrons. The van der Waals surface area contributed by atoms with E-state index in [0.717, 1.165) is 0 Å². The summed E-state index contributed by atoms with van der Waals surface area (Å²) in [6.07, 6.45) is -0.455. The van der Waals surface area contributed by atoms with Crippen molar-refractivity contribution in [3.8, 4) is 0 Å². The van der Waals surface area contributed by atoms with Crippen molar-refractivity contribution >= 4 is 17.4 Å². The molecule has 1 aromatic carbocycles. The van der Waals surface area contributed by atoms with Crippen LogP contribution in [0.25, 0.3) is 0 Å². The van der Waals surface area contributed by atoms with E-state index >= 15 is 0 Å². The SMILES string of the molecule is COC(C(=O)Cc1cc(F)ccc1Cl)C(C)(C)C. The van der Waals surface area contributed by atoms with Gasteiger partial charge in [-0.15, -0.1) is 0 Å². The standard InChI is InChI=1S/C14H18ClFO2/c1-14(2,3)13(18-4)12(17)8-9-7-10(16)5-6-11(9)15/h5-7,13H,8H2,1-4H3. The van der Waals surface area contributed by atoms with Gasteiger partial charge in [0.05, 0.1) is 0 Å². The van der Waals surface area contributed by atoms with Gasteiger partial charge in [-0.3, -0.25) is 4.79 Å². The average molecular weight is 273 g/mol. The molecule has 0 aromatic heterocycles. The topological polar surface area (TPSA) is 26.3 Å². The molecule has 0 fully saturated rings. The first-order chi connectivity index (χ1) is 8.25. The van der Waals surface area contributed by atoms with Gasteiger partial charge in [0.2, 0.25) is 0 Å². The summed E-state index contributed by atoms with van der Waals surface area (Å²) in [6, 6.07) is 4.02. The van der Waals surface area contributed by atoms with Crippen LogP contribution in [0.4, 0.5) is 4.39 Å². The molecule has 18 heavy (non-hydrogen) atoms. The number of benzene rings is 1. The van der Waals surface area contributed by atoms with Crippen molar-refractivity contribution in [2.45, 2.75) is 33.3 Å². The lowest BCUT2D eigenvalue weighted by Gasteiger charge is -2.28. The number of ketones is 1. The van der Waals surface area contributed by atoms with E-state index in [0.29, 0.717) is 10.6 Å². The number of carbonyl (C=O) groups is 1. The van der Waals surface area contributed by atoms with Gasteiger partial charge in [0.15, 0.2) is 5.78 Å². The normalized spacial score (nSPS) is 13.4. The van der Waals surface area contributed by atoms with Crippen LogP contribution in [0.15, 0.2) is 18.2 Å². The largest absolute Gasteiger partial charge is 0.373 e. The molecule has 1 rings (SSSR count). The van der Waals surface area contributed by atoms with Crippen LogP contribution in [-0.4, -0.2) is 19.0 Å². The van der Waals surface area contributed by atoms with Gasteiger partial charge < -0.3 is 4.74 Å². The number of ether oxygens (including phenoxy) is 1. The molecule has 0 aliphatic carbocycles. The van der Waals surface area contributed by atoms with Crippen LogP contribution in [0.3, 0.4) is 0 Å². The molecule has 1 aromatic rings. The Morgan fingerprint density at radius 2 is 2.06 bits per heavy atom. The summed E-state index contributed by atoms with van der Waals surface area (Å²) in [4.78, 5) is 12.1. The highest BCUT2D eigenvalue weighted by atomic mass is 35.5. The van der Waals surface area contributed by atoms with Gasteiger partial charge in [-0.05, 0) is 29.2 Å². The molecule has 100 valence electrons. The summed E-state index contributed by atoms with van der Waals surface area (Å²) in [6.45, 7) is 5.77. The molecule has 4 heteroatoms. The minimum Gasteiger partial charge on any atom is -0.373 e. The second-order valence-electron chi connectivity index (χ2n) is 5.36. The number of methoxy groups -OCH3 is 1. The lowest BCUT2D eigenvalue weighted by atomic mass is 9.84. The Morgan fingerprint density at radius 3 is 2.56 bits per heavy atom. The third-order valence-electron chi connectivity index (χ3n) is 2.69. The molecule has 1 atom stereocenters. The Labute approximate surface area is 112 Å². The minimum absolute atomic E-state index is 0.0758. The molecule has 0 heterocycles. The van der Waals surface area contributed by atoms with Crippen LogP contribution >= 0.6 is 11.6 Å². The highest BCUT2D eigenvalue weighted by molar-refractivity contribution is 6.31. The zero-order valence-electron chi connectivity index (χ0n) is 11.1. The smallest absolute Gasteiger partial charge is 0.166 e. The molecule has 0 N–H and O–H groups in total. The number of hydrogen-bond acceptors (Lipinski definition) is 2. The lowest BCUT2D eigenvalue weighted by Crippen LogP contribution is -2.37. The van der Waals surface area contributed by atoms with Crippen molar-refractivity contribution in [3.05, 3.63) is 34.6 Å². The van der Waals surface area contributed by atoms with Crippen molar-refractivity contribution in [1.29, 1.82) is 0 Å². The van der Waals surface area contributed by atoms with Gasteiger partial charge in [0.25, 0.3) is 0 Å². The number of Topliss-reactive ketones (excluding diaryl/α,β-unsaturated/α-hetero) is 1. The molecule has 0 aliphatic rings. The summed E-state index contributed by atoms with van der Waals surface area (Å²) >= 11 is 5.94. The molecule has 2 nitrogen and oxygen atoms in total. The Morgan fingerprint density at radius 1 is 1.44 bits per heavy atom. The lowest BCUT2D eigenvalue weighted by molar-refractivity contribution is -0.134. The van der Waals surface area contributed by atoms with E-state index in [1.54, 1.807) is 0 Å². The number of carbonyl (C=O) groups excluding carboxylic acids is 1. The number of halogens is 2. The molecule has 0 bridgehead atoms. The molecule has 0 amide bonds. The second kappa shape index (κ2) is 5.81. The van der Waals surface area contributed by atoms with E-state index in [1.165, 1.54) is 25.3 Å². The first kappa shape index (κ1) is 15.1. The summed E-state index contributed by atoms with van der Waals surface area (Å²) in [5, 5.41) is 0.397. The quantitative estimate of drug-likeness (QED) is 0.836. The van der Waals surface area contributed by atoms with Gasteiger partial charge in [-0.25, -0.2) is 4.39 Å². The minimum atomic E-state index is -0.531. The first-order valence-corrected chi connectivity index (χ1v) is 6.13. The second-order valence-corrected chi connectivity index (χ2v) is 5.77. The predicted molar refractivity (Wildman–Crippen MR) is 70.4 cm³/mol. The monoisotopic (exact) mass is 272 g/mol. The summed E-state index contributed by atoms with van der Waals surface area (Å²) < 4.78 is 18.3. The molecular weight excluding hydrogens is 255 g/mol. The van der Waals surface area contributed by atoms with Crippen LogP contribution in [0.5, 0.6) is 0 Å². The van der Waals surface area contributed by atoms with Crippen molar-refractivity contribution in [2.75, 3.05) is 7.11 Å². The number of rotatable bonds is 4. The van der Waals surface area contributed by atoms with Crippen molar-refractivity contribution in [3.63, 3.8) is 0 Å². The molecule has 0 aliphatic heterocycles. The maximum Gasteiger partial charge on any atom is 0.166 e.